The van der Waals surface area contributed by atoms with Crippen LogP contribution in [-0.2, 0) is 0 Å². The number of rotatable bonds is 5. The topological polar surface area (TPSA) is 29.3 Å². The Morgan fingerprint density at radius 3 is 2.67 bits per heavy atom. The van der Waals surface area contributed by atoms with E-state index < -0.39 is 0 Å². The summed E-state index contributed by atoms with van der Waals surface area (Å²) < 4.78 is 0. The van der Waals surface area contributed by atoms with Crippen LogP contribution in [0.2, 0.25) is 0 Å². The van der Waals surface area contributed by atoms with Crippen LogP contribution < -0.4 is 5.73 Å². The van der Waals surface area contributed by atoms with Crippen molar-refractivity contribution in [1.29, 1.82) is 0 Å². The summed E-state index contributed by atoms with van der Waals surface area (Å²) in [6.45, 7) is 4.34. The molecule has 2 atom stereocenters. The van der Waals surface area contributed by atoms with E-state index in [-0.39, 0.29) is 0 Å². The van der Waals surface area contributed by atoms with Gasteiger partial charge < -0.3 is 10.6 Å². The molecule has 0 amide bonds. The summed E-state index contributed by atoms with van der Waals surface area (Å²) in [5, 5.41) is 0. The normalized spacial score (nSPS) is 28.0. The van der Waals surface area contributed by atoms with Crippen molar-refractivity contribution >= 4 is 0 Å². The lowest BCUT2D eigenvalue weighted by Crippen LogP contribution is -2.33. The highest BCUT2D eigenvalue weighted by molar-refractivity contribution is 4.75. The number of hydrogen-bond donors (Lipinski definition) is 1. The highest BCUT2D eigenvalue weighted by atomic mass is 15.1. The van der Waals surface area contributed by atoms with E-state index in [4.69, 9.17) is 5.73 Å². The first-order valence-electron chi connectivity index (χ1n) is 6.68. The summed E-state index contributed by atoms with van der Waals surface area (Å²) in [5.41, 5.74) is 5.55. The zero-order valence-electron chi connectivity index (χ0n) is 10.5. The molecule has 2 unspecified atom stereocenters. The second-order valence-corrected chi connectivity index (χ2v) is 5.06. The van der Waals surface area contributed by atoms with Gasteiger partial charge in [0.05, 0.1) is 0 Å². The van der Waals surface area contributed by atoms with E-state index in [1.807, 2.05) is 0 Å². The van der Waals surface area contributed by atoms with E-state index in [0.29, 0.717) is 0 Å². The second kappa shape index (κ2) is 7.24. The molecule has 1 saturated carbocycles. The first kappa shape index (κ1) is 13.0. The van der Waals surface area contributed by atoms with Crippen LogP contribution in [0.5, 0.6) is 0 Å². The van der Waals surface area contributed by atoms with Gasteiger partial charge in [-0.2, -0.15) is 0 Å². The van der Waals surface area contributed by atoms with E-state index in [2.05, 4.69) is 18.9 Å². The van der Waals surface area contributed by atoms with Crippen LogP contribution in [0, 0.1) is 5.92 Å². The van der Waals surface area contributed by atoms with Gasteiger partial charge in [-0.05, 0) is 51.7 Å². The molecule has 1 rings (SSSR count). The summed E-state index contributed by atoms with van der Waals surface area (Å²) in [7, 11) is 2.27. The summed E-state index contributed by atoms with van der Waals surface area (Å²) in [5.74, 6) is 0.998. The highest BCUT2D eigenvalue weighted by Gasteiger charge is 2.20. The number of hydrogen-bond acceptors (Lipinski definition) is 2. The number of nitrogens with two attached hydrogens (primary N) is 1. The summed E-state index contributed by atoms with van der Waals surface area (Å²) >= 11 is 0. The Morgan fingerprint density at radius 1 is 1.20 bits per heavy atom. The third-order valence-corrected chi connectivity index (χ3v) is 3.97. The van der Waals surface area contributed by atoms with Gasteiger partial charge in [0.25, 0.3) is 0 Å². The third kappa shape index (κ3) is 4.52. The molecule has 2 nitrogen and oxygen atoms in total. The van der Waals surface area contributed by atoms with Crippen LogP contribution >= 0.6 is 0 Å². The van der Waals surface area contributed by atoms with Crippen molar-refractivity contribution in [3.8, 4) is 0 Å². The second-order valence-electron chi connectivity index (χ2n) is 5.06. The maximum absolute atomic E-state index is 5.55. The molecule has 1 aliphatic carbocycles. The molecular formula is C13H28N2. The first-order valence-corrected chi connectivity index (χ1v) is 6.68. The van der Waals surface area contributed by atoms with Crippen LogP contribution in [0.4, 0.5) is 0 Å². The molecule has 0 aromatic heterocycles. The molecule has 2 N–H and O–H groups in total. The molecule has 1 aliphatic rings. The van der Waals surface area contributed by atoms with Gasteiger partial charge >= 0.3 is 0 Å². The van der Waals surface area contributed by atoms with Crippen molar-refractivity contribution in [2.75, 3.05) is 20.1 Å². The summed E-state index contributed by atoms with van der Waals surface area (Å²) in [4.78, 5) is 2.53. The standard InChI is InChI=1S/C13H28N2/c1-3-12-6-4-7-13(9-8-12)15(2)11-5-10-14/h12-13H,3-11,14H2,1-2H3. The van der Waals surface area contributed by atoms with E-state index in [1.54, 1.807) is 0 Å². The first-order chi connectivity index (χ1) is 7.27. The smallest absolute Gasteiger partial charge is 0.00923 e. The van der Waals surface area contributed by atoms with Gasteiger partial charge in [0, 0.05) is 6.04 Å². The van der Waals surface area contributed by atoms with Crippen LogP contribution in [0.3, 0.4) is 0 Å². The Bertz CT molecular complexity index is 159. The molecule has 0 aromatic rings. The Balaban J connectivity index is 2.29. The Hall–Kier alpha value is -0.0800. The van der Waals surface area contributed by atoms with Gasteiger partial charge in [-0.3, -0.25) is 0 Å². The minimum absolute atomic E-state index is 0.827. The zero-order chi connectivity index (χ0) is 11.1. The molecule has 1 fully saturated rings. The van der Waals surface area contributed by atoms with Crippen molar-refractivity contribution in [3.63, 3.8) is 0 Å². The van der Waals surface area contributed by atoms with Gasteiger partial charge in [-0.15, -0.1) is 0 Å². The maximum Gasteiger partial charge on any atom is 0.00923 e. The molecule has 0 aromatic carbocycles. The molecule has 0 radical (unpaired) electrons. The Morgan fingerprint density at radius 2 is 2.00 bits per heavy atom. The molecule has 2 heteroatoms. The molecule has 0 bridgehead atoms. The SMILES string of the molecule is CCC1CCCC(N(C)CCCN)CC1. The molecule has 0 aliphatic heterocycles. The van der Waals surface area contributed by atoms with Crippen LogP contribution in [0.15, 0.2) is 0 Å². The molecule has 15 heavy (non-hydrogen) atoms. The highest BCUT2D eigenvalue weighted by Crippen LogP contribution is 2.27. The minimum Gasteiger partial charge on any atom is -0.330 e. The van der Waals surface area contributed by atoms with Gasteiger partial charge in [0.2, 0.25) is 0 Å². The fourth-order valence-electron chi connectivity index (χ4n) is 2.73. The average Bonchev–Trinajstić information content (AvgIpc) is 2.50. The van der Waals surface area contributed by atoms with Crippen molar-refractivity contribution in [1.82, 2.24) is 4.90 Å². The van der Waals surface area contributed by atoms with Gasteiger partial charge in [0.15, 0.2) is 0 Å². The van der Waals surface area contributed by atoms with Crippen molar-refractivity contribution in [2.45, 2.75) is 57.9 Å². The Labute approximate surface area is 95.2 Å². The van der Waals surface area contributed by atoms with E-state index in [1.165, 1.54) is 45.1 Å². The number of nitrogens with zero attached hydrogens (tertiary/aromatic N) is 1. The van der Waals surface area contributed by atoms with Crippen molar-refractivity contribution in [2.24, 2.45) is 11.7 Å². The predicted octanol–water partition coefficient (Wildman–Crippen LogP) is 2.63. The minimum atomic E-state index is 0.827. The predicted molar refractivity (Wildman–Crippen MR) is 67.0 cm³/mol. The maximum atomic E-state index is 5.55. The van der Waals surface area contributed by atoms with Gasteiger partial charge in [0.1, 0.15) is 0 Å². The van der Waals surface area contributed by atoms with Gasteiger partial charge in [-0.1, -0.05) is 26.2 Å². The monoisotopic (exact) mass is 212 g/mol. The lowest BCUT2D eigenvalue weighted by atomic mass is 9.97. The lowest BCUT2D eigenvalue weighted by molar-refractivity contribution is 0.218. The van der Waals surface area contributed by atoms with Crippen LogP contribution in [0.25, 0.3) is 0 Å². The van der Waals surface area contributed by atoms with Gasteiger partial charge in [-0.25, -0.2) is 0 Å². The molecular weight excluding hydrogens is 184 g/mol. The summed E-state index contributed by atoms with van der Waals surface area (Å²) in [6.07, 6.45) is 9.64. The molecule has 0 spiro atoms. The van der Waals surface area contributed by atoms with E-state index in [0.717, 1.165) is 24.9 Å². The van der Waals surface area contributed by atoms with E-state index in [9.17, 15) is 0 Å². The average molecular weight is 212 g/mol. The molecule has 90 valence electrons. The van der Waals surface area contributed by atoms with Crippen LogP contribution in [-0.4, -0.2) is 31.1 Å². The van der Waals surface area contributed by atoms with E-state index >= 15 is 0 Å². The third-order valence-electron chi connectivity index (χ3n) is 3.97. The fraction of sp³-hybridized carbons (Fsp3) is 1.00. The Kier molecular flexibility index (Phi) is 6.26. The quantitative estimate of drug-likeness (QED) is 0.710. The zero-order valence-corrected chi connectivity index (χ0v) is 10.5. The fourth-order valence-corrected chi connectivity index (χ4v) is 2.73. The lowest BCUT2D eigenvalue weighted by Gasteiger charge is -2.26. The van der Waals surface area contributed by atoms with Crippen molar-refractivity contribution < 1.29 is 0 Å². The molecule has 0 heterocycles. The summed E-state index contributed by atoms with van der Waals surface area (Å²) in [6, 6.07) is 0.827. The largest absolute Gasteiger partial charge is 0.330 e. The van der Waals surface area contributed by atoms with Crippen LogP contribution in [0.1, 0.15) is 51.9 Å². The molecule has 0 saturated heterocycles. The van der Waals surface area contributed by atoms with Crippen molar-refractivity contribution in [3.05, 3.63) is 0 Å².